The fourth-order valence-electron chi connectivity index (χ4n) is 4.65. The summed E-state index contributed by atoms with van der Waals surface area (Å²) in [6, 6.07) is 7.40. The second kappa shape index (κ2) is 8.64. The van der Waals surface area contributed by atoms with Crippen molar-refractivity contribution in [2.24, 2.45) is 0 Å². The summed E-state index contributed by atoms with van der Waals surface area (Å²) < 4.78 is 31.5. The minimum Gasteiger partial charge on any atom is -0.433 e. The molecule has 1 aliphatic carbocycles. The molecule has 0 bridgehead atoms. The summed E-state index contributed by atoms with van der Waals surface area (Å²) in [5.41, 5.74) is 0.0933. The summed E-state index contributed by atoms with van der Waals surface area (Å²) >= 11 is 0. The van der Waals surface area contributed by atoms with Crippen molar-refractivity contribution in [1.82, 2.24) is 9.80 Å². The van der Waals surface area contributed by atoms with Crippen molar-refractivity contribution in [2.45, 2.75) is 69.6 Å². The van der Waals surface area contributed by atoms with Gasteiger partial charge in [0.1, 0.15) is 5.75 Å². The van der Waals surface area contributed by atoms with Crippen LogP contribution in [0.15, 0.2) is 24.3 Å². The van der Waals surface area contributed by atoms with Crippen LogP contribution in [-0.4, -0.2) is 65.9 Å². The monoisotopic (exact) mass is 396 g/mol. The molecule has 1 N–H and O–H groups in total. The van der Waals surface area contributed by atoms with Crippen molar-refractivity contribution in [1.29, 1.82) is 0 Å². The fourth-order valence-corrected chi connectivity index (χ4v) is 4.65. The van der Waals surface area contributed by atoms with Crippen LogP contribution in [0.1, 0.15) is 57.4 Å². The number of hydrogen-bond donors (Lipinski definition) is 1. The summed E-state index contributed by atoms with van der Waals surface area (Å²) in [6.07, 6.45) is 1.46. The van der Waals surface area contributed by atoms with Gasteiger partial charge in [0.25, 0.3) is 0 Å². The number of halogens is 2. The first-order valence-electron chi connectivity index (χ1n) is 10.5. The Balaban J connectivity index is 1.85. The van der Waals surface area contributed by atoms with Crippen LogP contribution < -0.4 is 4.74 Å². The van der Waals surface area contributed by atoms with Gasteiger partial charge in [-0.25, -0.2) is 0 Å². The van der Waals surface area contributed by atoms with Crippen molar-refractivity contribution in [3.63, 3.8) is 0 Å². The van der Waals surface area contributed by atoms with Gasteiger partial charge < -0.3 is 14.7 Å². The molecule has 1 aromatic carbocycles. The molecule has 1 unspecified atom stereocenters. The van der Waals surface area contributed by atoms with E-state index in [1.165, 1.54) is 0 Å². The molecule has 3 rings (SSSR count). The molecular formula is C22H34F2N2O2. The van der Waals surface area contributed by atoms with Crippen molar-refractivity contribution < 1.29 is 18.6 Å². The van der Waals surface area contributed by atoms with Gasteiger partial charge in [-0.2, -0.15) is 8.78 Å². The second-order valence-corrected chi connectivity index (χ2v) is 8.79. The highest BCUT2D eigenvalue weighted by Gasteiger charge is 2.40. The maximum atomic E-state index is 13.3. The lowest BCUT2D eigenvalue weighted by molar-refractivity contribution is -0.159. The maximum absolute atomic E-state index is 13.3. The Bertz CT molecular complexity index is 644. The first-order valence-corrected chi connectivity index (χ1v) is 10.5. The molecular weight excluding hydrogens is 362 g/mol. The van der Waals surface area contributed by atoms with Crippen LogP contribution in [0.3, 0.4) is 0 Å². The highest BCUT2D eigenvalue weighted by molar-refractivity contribution is 5.33. The number of aliphatic hydroxyl groups is 1. The molecule has 2 fully saturated rings. The molecule has 2 aliphatic rings. The van der Waals surface area contributed by atoms with Crippen molar-refractivity contribution >= 4 is 0 Å². The molecule has 0 spiro atoms. The minimum atomic E-state index is -3.22. The maximum Gasteiger partial charge on any atom is 0.394 e. The van der Waals surface area contributed by atoms with Crippen LogP contribution in [0, 0.1) is 0 Å². The summed E-state index contributed by atoms with van der Waals surface area (Å²) in [4.78, 5) is 4.75. The zero-order valence-electron chi connectivity index (χ0n) is 17.3. The lowest BCUT2D eigenvalue weighted by atomic mass is 9.72. The average Bonchev–Trinajstić information content (AvgIpc) is 2.62. The highest BCUT2D eigenvalue weighted by Crippen LogP contribution is 2.41. The van der Waals surface area contributed by atoms with E-state index in [2.05, 4.69) is 23.8 Å². The molecule has 1 saturated heterocycles. The van der Waals surface area contributed by atoms with Gasteiger partial charge >= 0.3 is 6.11 Å². The van der Waals surface area contributed by atoms with Gasteiger partial charge in [0.15, 0.2) is 0 Å². The molecule has 2 atom stereocenters. The Morgan fingerprint density at radius 2 is 1.96 bits per heavy atom. The van der Waals surface area contributed by atoms with Gasteiger partial charge in [-0.3, -0.25) is 4.90 Å². The van der Waals surface area contributed by atoms with E-state index in [0.29, 0.717) is 6.04 Å². The van der Waals surface area contributed by atoms with E-state index in [1.54, 1.807) is 18.2 Å². The summed E-state index contributed by atoms with van der Waals surface area (Å²) in [7, 11) is 2.14. The first-order chi connectivity index (χ1) is 13.2. The topological polar surface area (TPSA) is 35.9 Å². The molecule has 0 aromatic heterocycles. The lowest BCUT2D eigenvalue weighted by Crippen LogP contribution is -2.53. The fraction of sp³-hybridized carbons (Fsp3) is 0.727. The van der Waals surface area contributed by atoms with Gasteiger partial charge in [0.2, 0.25) is 0 Å². The van der Waals surface area contributed by atoms with E-state index in [1.807, 2.05) is 6.07 Å². The molecule has 0 radical (unpaired) electrons. The number of benzene rings is 1. The Kier molecular flexibility index (Phi) is 6.62. The number of hydrogen-bond acceptors (Lipinski definition) is 4. The van der Waals surface area contributed by atoms with Crippen molar-refractivity contribution in [3.05, 3.63) is 29.8 Å². The Labute approximate surface area is 167 Å². The van der Waals surface area contributed by atoms with E-state index >= 15 is 0 Å². The molecule has 1 saturated carbocycles. The standard InChI is InChI=1S/C22H34F2N2O2/c1-17-15-26(13-12-25(17)3)16-20(22(27)10-5-4-6-11-22)18-8-7-9-19(14-18)28-21(2,23)24/h7-9,14,17,20,27H,4-6,10-13,15-16H2,1-3H3/t17-,20?/m1/s1. The molecule has 0 amide bonds. The van der Waals surface area contributed by atoms with Crippen LogP contribution in [0.4, 0.5) is 8.78 Å². The molecule has 28 heavy (non-hydrogen) atoms. The Hall–Kier alpha value is -1.24. The van der Waals surface area contributed by atoms with E-state index in [-0.39, 0.29) is 11.7 Å². The number of ether oxygens (including phenoxy) is 1. The van der Waals surface area contributed by atoms with Crippen LogP contribution in [0.25, 0.3) is 0 Å². The van der Waals surface area contributed by atoms with Crippen molar-refractivity contribution in [2.75, 3.05) is 33.2 Å². The predicted molar refractivity (Wildman–Crippen MR) is 107 cm³/mol. The largest absolute Gasteiger partial charge is 0.433 e. The summed E-state index contributed by atoms with van der Waals surface area (Å²) in [6.45, 7) is 6.60. The average molecular weight is 397 g/mol. The number of likely N-dealkylation sites (N-methyl/N-ethyl adjacent to an activating group) is 1. The zero-order chi connectivity index (χ0) is 20.4. The number of alkyl halides is 2. The van der Waals surface area contributed by atoms with E-state index in [0.717, 1.165) is 70.8 Å². The van der Waals surface area contributed by atoms with Gasteiger partial charge in [0, 0.05) is 45.1 Å². The van der Waals surface area contributed by atoms with Crippen LogP contribution in [0.2, 0.25) is 0 Å². The van der Waals surface area contributed by atoms with Gasteiger partial charge in [-0.15, -0.1) is 0 Å². The number of piperazine rings is 1. The summed E-state index contributed by atoms with van der Waals surface area (Å²) in [5.74, 6) is 0.0404. The van der Waals surface area contributed by atoms with Crippen LogP contribution >= 0.6 is 0 Å². The smallest absolute Gasteiger partial charge is 0.394 e. The number of rotatable bonds is 6. The molecule has 1 heterocycles. The molecule has 4 nitrogen and oxygen atoms in total. The SMILES string of the molecule is C[C@@H]1CN(CC(c2cccc(OC(C)(F)F)c2)C2(O)CCCCC2)CCN1C. The highest BCUT2D eigenvalue weighted by atomic mass is 19.3. The third-order valence-corrected chi connectivity index (χ3v) is 6.41. The second-order valence-electron chi connectivity index (χ2n) is 8.79. The van der Waals surface area contributed by atoms with Gasteiger partial charge in [-0.05, 0) is 44.5 Å². The van der Waals surface area contributed by atoms with Gasteiger partial charge in [-0.1, -0.05) is 31.4 Å². The predicted octanol–water partition coefficient (Wildman–Crippen LogP) is 4.09. The quantitative estimate of drug-likeness (QED) is 0.786. The zero-order valence-corrected chi connectivity index (χ0v) is 17.3. The molecule has 1 aromatic rings. The number of nitrogens with zero attached hydrogens (tertiary/aromatic N) is 2. The van der Waals surface area contributed by atoms with Gasteiger partial charge in [0.05, 0.1) is 5.60 Å². The van der Waals surface area contributed by atoms with Crippen molar-refractivity contribution in [3.8, 4) is 5.75 Å². The summed E-state index contributed by atoms with van der Waals surface area (Å²) in [5, 5.41) is 11.5. The van der Waals surface area contributed by atoms with Crippen LogP contribution in [-0.2, 0) is 0 Å². The van der Waals surface area contributed by atoms with E-state index < -0.39 is 11.7 Å². The molecule has 6 heteroatoms. The van der Waals surface area contributed by atoms with Crippen LogP contribution in [0.5, 0.6) is 5.75 Å². The third kappa shape index (κ3) is 5.43. The Morgan fingerprint density at radius 3 is 2.61 bits per heavy atom. The third-order valence-electron chi connectivity index (χ3n) is 6.41. The van der Waals surface area contributed by atoms with E-state index in [4.69, 9.17) is 4.74 Å². The minimum absolute atomic E-state index is 0.113. The Morgan fingerprint density at radius 1 is 1.25 bits per heavy atom. The van der Waals surface area contributed by atoms with E-state index in [9.17, 15) is 13.9 Å². The first kappa shape index (κ1) is 21.5. The molecule has 1 aliphatic heterocycles. The lowest BCUT2D eigenvalue weighted by Gasteiger charge is -2.44. The normalized spacial score (nSPS) is 25.4. The molecule has 158 valence electrons.